The van der Waals surface area contributed by atoms with Gasteiger partial charge in [-0.2, -0.15) is 0 Å². The largest absolute Gasteiger partial charge is 0.480 e. The van der Waals surface area contributed by atoms with E-state index < -0.39 is 47.7 Å². The van der Waals surface area contributed by atoms with Crippen LogP contribution in [0.1, 0.15) is 51.6 Å². The van der Waals surface area contributed by atoms with Crippen molar-refractivity contribution < 1.29 is 24.3 Å². The van der Waals surface area contributed by atoms with E-state index in [0.29, 0.717) is 25.0 Å². The number of hydrogen-bond donors (Lipinski definition) is 8. The highest BCUT2D eigenvalue weighted by Crippen LogP contribution is 2.06. The van der Waals surface area contributed by atoms with Crippen molar-refractivity contribution in [1.29, 1.82) is 0 Å². The maximum absolute atomic E-state index is 13.1. The molecule has 0 radical (unpaired) electrons. The van der Waals surface area contributed by atoms with Crippen LogP contribution in [0, 0.1) is 0 Å². The number of carboxylic acids is 1. The molecule has 1 aromatic rings. The van der Waals surface area contributed by atoms with Gasteiger partial charge in [-0.1, -0.05) is 19.8 Å². The zero-order valence-electron chi connectivity index (χ0n) is 20.8. The number of guanidine groups is 1. The molecule has 1 rings (SSSR count). The SMILES string of the molecule is CCCC[C@H](NCC(=O)[C@H](Cc1cnc[nH]1)NC(=O)[C@H](CCCN=C(N)N)NC(=O)[C@H](C)N)C(=O)O. The Morgan fingerprint density at radius 3 is 2.31 bits per heavy atom. The second-order valence-electron chi connectivity index (χ2n) is 8.52. The molecule has 2 amide bonds. The molecule has 0 saturated heterocycles. The summed E-state index contributed by atoms with van der Waals surface area (Å²) in [4.78, 5) is 60.5. The van der Waals surface area contributed by atoms with Crippen LogP contribution >= 0.6 is 0 Å². The molecule has 36 heavy (non-hydrogen) atoms. The van der Waals surface area contributed by atoms with Gasteiger partial charge in [0.2, 0.25) is 11.8 Å². The Bertz CT molecular complexity index is 869. The molecule has 0 spiro atoms. The second-order valence-corrected chi connectivity index (χ2v) is 8.52. The molecule has 0 aliphatic rings. The Balaban J connectivity index is 2.96. The number of rotatable bonds is 18. The summed E-state index contributed by atoms with van der Waals surface area (Å²) in [5.41, 5.74) is 16.9. The van der Waals surface area contributed by atoms with E-state index in [9.17, 15) is 24.3 Å². The van der Waals surface area contributed by atoms with Gasteiger partial charge in [-0.3, -0.25) is 29.5 Å². The Kier molecular flexibility index (Phi) is 13.7. The number of carbonyl (C=O) groups is 4. The zero-order valence-corrected chi connectivity index (χ0v) is 20.8. The number of nitrogens with one attached hydrogen (secondary N) is 4. The van der Waals surface area contributed by atoms with Crippen molar-refractivity contribution in [3.05, 3.63) is 18.2 Å². The third kappa shape index (κ3) is 11.8. The molecule has 14 heteroatoms. The number of H-pyrrole nitrogens is 1. The average molecular weight is 510 g/mol. The lowest BCUT2D eigenvalue weighted by Crippen LogP contribution is -2.55. The normalized spacial score (nSPS) is 14.2. The Labute approximate surface area is 210 Å². The summed E-state index contributed by atoms with van der Waals surface area (Å²) >= 11 is 0. The predicted molar refractivity (Wildman–Crippen MR) is 134 cm³/mol. The Morgan fingerprint density at radius 2 is 1.75 bits per heavy atom. The summed E-state index contributed by atoms with van der Waals surface area (Å²) in [6.45, 7) is 3.41. The van der Waals surface area contributed by atoms with Crippen molar-refractivity contribution in [2.45, 2.75) is 76.5 Å². The van der Waals surface area contributed by atoms with E-state index in [2.05, 4.69) is 30.9 Å². The molecular weight excluding hydrogens is 470 g/mol. The van der Waals surface area contributed by atoms with Crippen LogP contribution in [0.15, 0.2) is 17.5 Å². The molecule has 0 bridgehead atoms. The van der Waals surface area contributed by atoms with Gasteiger partial charge in [0, 0.05) is 24.9 Å². The van der Waals surface area contributed by atoms with Gasteiger partial charge >= 0.3 is 5.97 Å². The number of ketones is 1. The van der Waals surface area contributed by atoms with Gasteiger partial charge in [0.15, 0.2) is 11.7 Å². The Hall–Kier alpha value is -3.52. The molecular formula is C22H39N9O5. The molecule has 11 N–H and O–H groups in total. The highest BCUT2D eigenvalue weighted by molar-refractivity contribution is 5.94. The first-order valence-corrected chi connectivity index (χ1v) is 11.9. The number of aliphatic carboxylic acids is 1. The first kappa shape index (κ1) is 30.5. The topological polar surface area (TPSA) is 244 Å². The number of carboxylic acid groups (broad SMARTS) is 1. The Morgan fingerprint density at radius 1 is 1.08 bits per heavy atom. The van der Waals surface area contributed by atoms with Crippen molar-refractivity contribution in [2.24, 2.45) is 22.2 Å². The lowest BCUT2D eigenvalue weighted by Gasteiger charge is -2.24. The van der Waals surface area contributed by atoms with Crippen LogP contribution in [0.2, 0.25) is 0 Å². The molecule has 1 heterocycles. The van der Waals surface area contributed by atoms with E-state index in [0.717, 1.165) is 6.42 Å². The monoisotopic (exact) mass is 509 g/mol. The number of aliphatic imine (C=N–C) groups is 1. The number of aromatic amines is 1. The van der Waals surface area contributed by atoms with E-state index in [1.54, 1.807) is 0 Å². The molecule has 202 valence electrons. The van der Waals surface area contributed by atoms with Crippen LogP contribution in [0.4, 0.5) is 0 Å². The first-order valence-electron chi connectivity index (χ1n) is 11.9. The second kappa shape index (κ2) is 16.2. The van der Waals surface area contributed by atoms with Crippen LogP contribution in [0.3, 0.4) is 0 Å². The van der Waals surface area contributed by atoms with Crippen molar-refractivity contribution in [3.63, 3.8) is 0 Å². The van der Waals surface area contributed by atoms with Gasteiger partial charge in [0.05, 0.1) is 25.0 Å². The maximum Gasteiger partial charge on any atom is 0.320 e. The molecule has 0 aliphatic heterocycles. The van der Waals surface area contributed by atoms with Crippen LogP contribution in [0.25, 0.3) is 0 Å². The minimum Gasteiger partial charge on any atom is -0.480 e. The number of unbranched alkanes of at least 4 members (excludes halogenated alkanes) is 1. The number of carbonyl (C=O) groups excluding carboxylic acids is 3. The molecule has 4 atom stereocenters. The minimum atomic E-state index is -1.05. The fourth-order valence-electron chi connectivity index (χ4n) is 3.28. The first-order chi connectivity index (χ1) is 17.0. The number of aromatic nitrogens is 2. The molecule has 14 nitrogen and oxygen atoms in total. The van der Waals surface area contributed by atoms with E-state index in [1.807, 2.05) is 6.92 Å². The van der Waals surface area contributed by atoms with E-state index in [1.165, 1.54) is 19.4 Å². The quantitative estimate of drug-likeness (QED) is 0.0622. The summed E-state index contributed by atoms with van der Waals surface area (Å²) in [6.07, 6.45) is 5.51. The smallest absolute Gasteiger partial charge is 0.320 e. The van der Waals surface area contributed by atoms with Gasteiger partial charge < -0.3 is 37.9 Å². The summed E-state index contributed by atoms with van der Waals surface area (Å²) < 4.78 is 0. The molecule has 0 saturated carbocycles. The van der Waals surface area contributed by atoms with Crippen LogP contribution < -0.4 is 33.2 Å². The van der Waals surface area contributed by atoms with Crippen LogP contribution in [0.5, 0.6) is 0 Å². The summed E-state index contributed by atoms with van der Waals surface area (Å²) in [5.74, 6) is -2.68. The standard InChI is InChI=1S/C22H39N9O5/c1-3-4-6-16(21(35)36)28-11-18(32)17(9-14-10-26-12-29-14)31-20(34)15(30-19(33)13(2)23)7-5-8-27-22(24)25/h10,12-13,15-17,28H,3-9,11,23H2,1-2H3,(H,26,29)(H,30,33)(H,31,34)(H,35,36)(H4,24,25,27)/t13-,15-,16-,17-/m0/s1. The number of nitrogens with zero attached hydrogens (tertiary/aromatic N) is 2. The third-order valence-electron chi connectivity index (χ3n) is 5.34. The molecule has 0 fully saturated rings. The maximum atomic E-state index is 13.1. The number of imidazole rings is 1. The van der Waals surface area contributed by atoms with Gasteiger partial charge in [0.25, 0.3) is 0 Å². The molecule has 0 aliphatic carbocycles. The van der Waals surface area contributed by atoms with Crippen molar-refractivity contribution in [2.75, 3.05) is 13.1 Å². The summed E-state index contributed by atoms with van der Waals surface area (Å²) in [6, 6.07) is -3.72. The lowest BCUT2D eigenvalue weighted by atomic mass is 10.0. The minimum absolute atomic E-state index is 0.0908. The number of Topliss-reactive ketones (excluding diaryl/α,β-unsaturated/α-hetero) is 1. The summed E-state index contributed by atoms with van der Waals surface area (Å²) in [7, 11) is 0. The number of amides is 2. The number of nitrogens with two attached hydrogens (primary N) is 3. The van der Waals surface area contributed by atoms with Gasteiger partial charge in [0.1, 0.15) is 12.1 Å². The van der Waals surface area contributed by atoms with E-state index >= 15 is 0 Å². The van der Waals surface area contributed by atoms with Gasteiger partial charge in [-0.05, 0) is 26.2 Å². The van der Waals surface area contributed by atoms with E-state index in [-0.39, 0.29) is 31.9 Å². The van der Waals surface area contributed by atoms with Crippen LogP contribution in [-0.4, -0.2) is 81.9 Å². The van der Waals surface area contributed by atoms with Crippen LogP contribution in [-0.2, 0) is 25.6 Å². The fourth-order valence-corrected chi connectivity index (χ4v) is 3.28. The van der Waals surface area contributed by atoms with Gasteiger partial charge in [-0.25, -0.2) is 4.98 Å². The highest BCUT2D eigenvalue weighted by atomic mass is 16.4. The van der Waals surface area contributed by atoms with E-state index in [4.69, 9.17) is 17.2 Å². The predicted octanol–water partition coefficient (Wildman–Crippen LogP) is -1.88. The fraction of sp³-hybridized carbons (Fsp3) is 0.636. The van der Waals surface area contributed by atoms with Crippen molar-refractivity contribution >= 4 is 29.5 Å². The lowest BCUT2D eigenvalue weighted by molar-refractivity contribution is -0.140. The molecule has 0 aromatic carbocycles. The van der Waals surface area contributed by atoms with Crippen molar-refractivity contribution in [3.8, 4) is 0 Å². The molecule has 1 aromatic heterocycles. The zero-order chi connectivity index (χ0) is 27.1. The average Bonchev–Trinajstić information content (AvgIpc) is 3.32. The summed E-state index contributed by atoms with van der Waals surface area (Å²) in [5, 5.41) is 17.4. The molecule has 0 unspecified atom stereocenters. The number of hydrogen-bond acceptors (Lipinski definition) is 8. The third-order valence-corrected chi connectivity index (χ3v) is 5.34. The van der Waals surface area contributed by atoms with Gasteiger partial charge in [-0.15, -0.1) is 0 Å². The highest BCUT2D eigenvalue weighted by Gasteiger charge is 2.28. The van der Waals surface area contributed by atoms with Crippen molar-refractivity contribution in [1.82, 2.24) is 25.9 Å².